The third-order valence-corrected chi connectivity index (χ3v) is 4.58. The monoisotopic (exact) mass is 394 g/mol. The van der Waals surface area contributed by atoms with Crippen LogP contribution in [0.25, 0.3) is 11.3 Å². The lowest BCUT2D eigenvalue weighted by Gasteiger charge is -2.02. The number of carbonyl (C=O) groups excluding carboxylic acids is 1. The van der Waals surface area contributed by atoms with E-state index in [2.05, 4.69) is 15.3 Å². The number of hydrogen-bond donors (Lipinski definition) is 1. The van der Waals surface area contributed by atoms with Gasteiger partial charge < -0.3 is 0 Å². The van der Waals surface area contributed by atoms with Gasteiger partial charge in [-0.05, 0) is 6.07 Å². The van der Waals surface area contributed by atoms with Crippen LogP contribution in [0.3, 0.4) is 0 Å². The van der Waals surface area contributed by atoms with E-state index in [4.69, 9.17) is 23.2 Å². The van der Waals surface area contributed by atoms with E-state index in [1.165, 1.54) is 35.7 Å². The van der Waals surface area contributed by atoms with Gasteiger partial charge in [0.2, 0.25) is 0 Å². The Morgan fingerprint density at radius 2 is 2.08 bits per heavy atom. The zero-order valence-electron chi connectivity index (χ0n) is 12.3. The molecule has 0 aliphatic rings. The number of anilines is 1. The van der Waals surface area contributed by atoms with Gasteiger partial charge in [-0.25, -0.2) is 9.97 Å². The summed E-state index contributed by atoms with van der Waals surface area (Å²) in [5, 5.41) is 15.8. The summed E-state index contributed by atoms with van der Waals surface area (Å²) < 4.78 is 0. The Hall–Kier alpha value is -2.55. The number of aromatic nitrogens is 2. The minimum Gasteiger partial charge on any atom is -0.298 e. The normalized spacial score (nSPS) is 10.5. The Bertz CT molecular complexity index is 977. The van der Waals surface area contributed by atoms with Gasteiger partial charge >= 0.3 is 0 Å². The van der Waals surface area contributed by atoms with Crippen LogP contribution in [0.1, 0.15) is 10.4 Å². The number of pyridine rings is 1. The molecule has 2 heterocycles. The number of amides is 1. The number of thiazole rings is 1. The van der Waals surface area contributed by atoms with Crippen LogP contribution in [0.2, 0.25) is 10.2 Å². The highest BCUT2D eigenvalue weighted by Crippen LogP contribution is 2.28. The van der Waals surface area contributed by atoms with Crippen molar-refractivity contribution < 1.29 is 9.72 Å². The van der Waals surface area contributed by atoms with Gasteiger partial charge in [-0.15, -0.1) is 11.3 Å². The van der Waals surface area contributed by atoms with E-state index in [0.29, 0.717) is 16.4 Å². The van der Waals surface area contributed by atoms with Crippen molar-refractivity contribution in [2.75, 3.05) is 5.32 Å². The van der Waals surface area contributed by atoms with Crippen LogP contribution in [0, 0.1) is 10.1 Å². The molecule has 1 aromatic carbocycles. The average molecular weight is 395 g/mol. The first-order valence-electron chi connectivity index (χ1n) is 6.77. The van der Waals surface area contributed by atoms with Gasteiger partial charge in [-0.3, -0.25) is 20.2 Å². The van der Waals surface area contributed by atoms with Crippen LogP contribution in [-0.4, -0.2) is 20.8 Å². The Morgan fingerprint density at radius 3 is 2.80 bits per heavy atom. The maximum atomic E-state index is 12.2. The molecule has 0 radical (unpaired) electrons. The molecule has 10 heteroatoms. The first kappa shape index (κ1) is 17.3. The van der Waals surface area contributed by atoms with Crippen LogP contribution in [0.4, 0.5) is 10.8 Å². The number of nitrogens with one attached hydrogen (secondary N) is 1. The number of non-ortho nitro benzene ring substituents is 1. The average Bonchev–Trinajstić information content (AvgIpc) is 3.06. The number of carbonyl (C=O) groups is 1. The molecule has 1 N–H and O–H groups in total. The van der Waals surface area contributed by atoms with Gasteiger partial charge in [-0.1, -0.05) is 35.3 Å². The largest absolute Gasteiger partial charge is 0.298 e. The molecule has 0 unspecified atom stereocenters. The highest BCUT2D eigenvalue weighted by Gasteiger charge is 2.13. The van der Waals surface area contributed by atoms with E-state index in [0.717, 1.165) is 0 Å². The van der Waals surface area contributed by atoms with Crippen molar-refractivity contribution in [3.05, 3.63) is 67.8 Å². The van der Waals surface area contributed by atoms with E-state index in [-0.39, 0.29) is 21.4 Å². The predicted octanol–water partition coefficient (Wildman–Crippen LogP) is 4.67. The second-order valence-electron chi connectivity index (χ2n) is 4.80. The van der Waals surface area contributed by atoms with Crippen molar-refractivity contribution in [2.45, 2.75) is 0 Å². The maximum absolute atomic E-state index is 12.2. The molecule has 0 fully saturated rings. The smallest absolute Gasteiger partial charge is 0.270 e. The first-order chi connectivity index (χ1) is 11.9. The van der Waals surface area contributed by atoms with Crippen LogP contribution in [-0.2, 0) is 0 Å². The Labute approximate surface area is 155 Å². The van der Waals surface area contributed by atoms with Crippen LogP contribution in [0.5, 0.6) is 0 Å². The summed E-state index contributed by atoms with van der Waals surface area (Å²) in [4.78, 5) is 30.6. The Balaban J connectivity index is 1.79. The fourth-order valence-electron chi connectivity index (χ4n) is 1.96. The lowest BCUT2D eigenvalue weighted by atomic mass is 10.1. The SMILES string of the molecule is O=C(Nc1nc(-c2cccc([N+](=O)[O-])c2)cs1)c1cnc(Cl)c(Cl)c1. The molecule has 25 heavy (non-hydrogen) atoms. The van der Waals surface area contributed by atoms with E-state index in [1.54, 1.807) is 17.5 Å². The van der Waals surface area contributed by atoms with Crippen LogP contribution in [0.15, 0.2) is 41.9 Å². The van der Waals surface area contributed by atoms with Crippen molar-refractivity contribution >= 4 is 51.3 Å². The van der Waals surface area contributed by atoms with E-state index >= 15 is 0 Å². The van der Waals surface area contributed by atoms with Gasteiger partial charge in [0.15, 0.2) is 5.13 Å². The van der Waals surface area contributed by atoms with Crippen molar-refractivity contribution in [3.63, 3.8) is 0 Å². The molecule has 0 aliphatic carbocycles. The summed E-state index contributed by atoms with van der Waals surface area (Å²) in [6.07, 6.45) is 1.30. The zero-order valence-corrected chi connectivity index (χ0v) is 14.6. The molecule has 0 spiro atoms. The molecule has 3 rings (SSSR count). The Morgan fingerprint density at radius 1 is 1.28 bits per heavy atom. The van der Waals surface area contributed by atoms with Crippen molar-refractivity contribution in [3.8, 4) is 11.3 Å². The molecule has 0 bridgehead atoms. The minimum absolute atomic E-state index is 0.0297. The fourth-order valence-corrected chi connectivity index (χ4v) is 2.94. The van der Waals surface area contributed by atoms with Gasteiger partial charge in [0.05, 0.1) is 21.2 Å². The Kier molecular flexibility index (Phi) is 4.93. The van der Waals surface area contributed by atoms with E-state index < -0.39 is 10.8 Å². The quantitative estimate of drug-likeness (QED) is 0.393. The summed E-state index contributed by atoms with van der Waals surface area (Å²) in [6.45, 7) is 0. The standard InChI is InChI=1S/C15H8Cl2N4O3S/c16-11-5-9(6-18-13(11)17)14(22)20-15-19-12(7-25-15)8-2-1-3-10(4-8)21(23)24/h1-7H,(H,19,20,22). The lowest BCUT2D eigenvalue weighted by Crippen LogP contribution is -2.12. The third-order valence-electron chi connectivity index (χ3n) is 3.14. The summed E-state index contributed by atoms with van der Waals surface area (Å²) >= 11 is 12.8. The molecule has 7 nitrogen and oxygen atoms in total. The van der Waals surface area contributed by atoms with Crippen LogP contribution < -0.4 is 5.32 Å². The highest BCUT2D eigenvalue weighted by atomic mass is 35.5. The van der Waals surface area contributed by atoms with Gasteiger partial charge in [0.25, 0.3) is 11.6 Å². The fraction of sp³-hybridized carbons (Fsp3) is 0. The summed E-state index contributed by atoms with van der Waals surface area (Å²) in [5.74, 6) is -0.439. The molecule has 0 atom stereocenters. The molecular formula is C15H8Cl2N4O3S. The number of benzene rings is 1. The van der Waals surface area contributed by atoms with Gasteiger partial charge in [0, 0.05) is 29.3 Å². The van der Waals surface area contributed by atoms with Crippen molar-refractivity contribution in [2.24, 2.45) is 0 Å². The van der Waals surface area contributed by atoms with E-state index in [1.807, 2.05) is 0 Å². The van der Waals surface area contributed by atoms with Gasteiger partial charge in [0.1, 0.15) is 5.15 Å². The minimum atomic E-state index is -0.476. The molecule has 2 aromatic heterocycles. The third kappa shape index (κ3) is 3.93. The molecule has 3 aromatic rings. The van der Waals surface area contributed by atoms with Gasteiger partial charge in [-0.2, -0.15) is 0 Å². The number of nitrogens with zero attached hydrogens (tertiary/aromatic N) is 3. The summed E-state index contributed by atoms with van der Waals surface area (Å²) in [5.41, 5.74) is 1.32. The number of hydrogen-bond acceptors (Lipinski definition) is 6. The number of nitro benzene ring substituents is 1. The second kappa shape index (κ2) is 7.14. The lowest BCUT2D eigenvalue weighted by molar-refractivity contribution is -0.384. The van der Waals surface area contributed by atoms with E-state index in [9.17, 15) is 14.9 Å². The molecule has 126 valence electrons. The van der Waals surface area contributed by atoms with Crippen LogP contribution >= 0.6 is 34.5 Å². The molecule has 0 saturated carbocycles. The summed E-state index contributed by atoms with van der Waals surface area (Å²) in [7, 11) is 0. The highest BCUT2D eigenvalue weighted by molar-refractivity contribution is 7.14. The molecule has 0 aliphatic heterocycles. The van der Waals surface area contributed by atoms with Crippen molar-refractivity contribution in [1.82, 2.24) is 9.97 Å². The molecule has 1 amide bonds. The maximum Gasteiger partial charge on any atom is 0.270 e. The molecule has 0 saturated heterocycles. The zero-order chi connectivity index (χ0) is 18.0. The first-order valence-corrected chi connectivity index (χ1v) is 8.40. The predicted molar refractivity (Wildman–Crippen MR) is 96.4 cm³/mol. The topological polar surface area (TPSA) is 98.0 Å². The number of rotatable bonds is 4. The molecular weight excluding hydrogens is 387 g/mol. The summed E-state index contributed by atoms with van der Waals surface area (Å²) in [6, 6.07) is 7.50. The number of halogens is 2. The number of nitro groups is 1. The second-order valence-corrected chi connectivity index (χ2v) is 6.42. The van der Waals surface area contributed by atoms with Crippen molar-refractivity contribution in [1.29, 1.82) is 0 Å².